The molecule has 0 aliphatic carbocycles. The summed E-state index contributed by atoms with van der Waals surface area (Å²) in [5.74, 6) is 0.656. The molecule has 1 heterocycles. The van der Waals surface area contributed by atoms with Crippen molar-refractivity contribution in [3.05, 3.63) is 77.2 Å². The molecule has 0 atom stereocenters. The van der Waals surface area contributed by atoms with Gasteiger partial charge in [-0.15, -0.1) is 0 Å². The van der Waals surface area contributed by atoms with Crippen LogP contribution in [0.5, 0.6) is 5.75 Å². The highest BCUT2D eigenvalue weighted by molar-refractivity contribution is 8.18. The molecule has 0 unspecified atom stereocenters. The first-order chi connectivity index (χ1) is 13.1. The Bertz CT molecular complexity index is 901. The number of hydrogen-bond acceptors (Lipinski definition) is 4. The average molecular weight is 378 g/mol. The third-order valence-corrected chi connectivity index (χ3v) is 5.20. The van der Waals surface area contributed by atoms with Crippen molar-refractivity contribution in [2.24, 2.45) is 4.99 Å². The number of likely N-dealkylation sites (N-methyl/N-ethyl adjacent to an activating group) is 1. The number of rotatable bonds is 6. The Kier molecular flexibility index (Phi) is 6.14. The normalized spacial score (nSPS) is 17.0. The zero-order valence-corrected chi connectivity index (χ0v) is 16.3. The van der Waals surface area contributed by atoms with E-state index >= 15 is 0 Å². The summed E-state index contributed by atoms with van der Waals surface area (Å²) >= 11 is 1.37. The van der Waals surface area contributed by atoms with E-state index in [0.717, 1.165) is 23.4 Å². The molecule has 1 fully saturated rings. The van der Waals surface area contributed by atoms with Crippen molar-refractivity contribution in [1.82, 2.24) is 4.90 Å². The number of carbonyl (C=O) groups excluding carboxylic acids is 1. The molecule has 27 heavy (non-hydrogen) atoms. The van der Waals surface area contributed by atoms with Crippen molar-refractivity contribution in [3.8, 4) is 5.75 Å². The van der Waals surface area contributed by atoms with E-state index in [2.05, 4.69) is 30.6 Å². The molecule has 0 radical (unpaired) electrons. The van der Waals surface area contributed by atoms with Crippen LogP contribution in [0, 0.1) is 0 Å². The monoisotopic (exact) mass is 378 g/mol. The molecule has 3 rings (SSSR count). The average Bonchev–Trinajstić information content (AvgIpc) is 2.96. The Labute approximate surface area is 164 Å². The number of amidine groups is 1. The number of amides is 1. The highest BCUT2D eigenvalue weighted by atomic mass is 32.2. The van der Waals surface area contributed by atoms with E-state index in [1.165, 1.54) is 17.3 Å². The van der Waals surface area contributed by atoms with E-state index in [0.29, 0.717) is 16.7 Å². The third kappa shape index (κ3) is 4.49. The van der Waals surface area contributed by atoms with E-state index in [4.69, 9.17) is 4.74 Å². The fourth-order valence-corrected chi connectivity index (χ4v) is 3.57. The maximum Gasteiger partial charge on any atom is 0.266 e. The zero-order valence-electron chi connectivity index (χ0n) is 15.5. The number of para-hydroxylation sites is 1. The molecular formula is C22H22N2O2S. The van der Waals surface area contributed by atoms with Gasteiger partial charge in [0, 0.05) is 12.6 Å². The molecule has 4 nitrogen and oxygen atoms in total. The number of ether oxygens (including phenoxy) is 1. The van der Waals surface area contributed by atoms with E-state index < -0.39 is 0 Å². The molecule has 1 saturated heterocycles. The SMILES string of the molecule is C=CCOc1ccccc1/C=C1/SC(=Nc2ccc(CC)cc2)N(C)C1=O. The summed E-state index contributed by atoms with van der Waals surface area (Å²) in [7, 11) is 1.75. The van der Waals surface area contributed by atoms with Gasteiger partial charge in [-0.2, -0.15) is 0 Å². The van der Waals surface area contributed by atoms with Crippen LogP contribution in [0.2, 0.25) is 0 Å². The molecular weight excluding hydrogens is 356 g/mol. The van der Waals surface area contributed by atoms with E-state index in [9.17, 15) is 4.79 Å². The fraction of sp³-hybridized carbons (Fsp3) is 0.182. The van der Waals surface area contributed by atoms with Crippen LogP contribution in [-0.4, -0.2) is 29.6 Å². The van der Waals surface area contributed by atoms with Gasteiger partial charge in [-0.05, 0) is 48.0 Å². The van der Waals surface area contributed by atoms with E-state index in [-0.39, 0.29) is 5.91 Å². The van der Waals surface area contributed by atoms with Gasteiger partial charge in [-0.25, -0.2) is 4.99 Å². The Morgan fingerprint density at radius 2 is 1.93 bits per heavy atom. The summed E-state index contributed by atoms with van der Waals surface area (Å²) in [4.78, 5) is 19.5. The van der Waals surface area contributed by atoms with Crippen molar-refractivity contribution in [2.75, 3.05) is 13.7 Å². The summed E-state index contributed by atoms with van der Waals surface area (Å²) < 4.78 is 5.68. The lowest BCUT2D eigenvalue weighted by Gasteiger charge is -2.08. The van der Waals surface area contributed by atoms with Crippen LogP contribution in [0.1, 0.15) is 18.1 Å². The predicted molar refractivity (Wildman–Crippen MR) is 113 cm³/mol. The van der Waals surface area contributed by atoms with Gasteiger partial charge in [0.1, 0.15) is 12.4 Å². The van der Waals surface area contributed by atoms with Crippen LogP contribution in [-0.2, 0) is 11.2 Å². The van der Waals surface area contributed by atoms with Crippen LogP contribution in [0.3, 0.4) is 0 Å². The topological polar surface area (TPSA) is 41.9 Å². The number of aryl methyl sites for hydroxylation is 1. The van der Waals surface area contributed by atoms with Gasteiger partial charge in [0.05, 0.1) is 10.6 Å². The molecule has 0 aromatic heterocycles. The molecule has 1 amide bonds. The third-order valence-electron chi connectivity index (χ3n) is 4.14. The van der Waals surface area contributed by atoms with Gasteiger partial charge in [0.25, 0.3) is 5.91 Å². The minimum atomic E-state index is -0.0672. The molecule has 2 aromatic rings. The quantitative estimate of drug-likeness (QED) is 0.522. The van der Waals surface area contributed by atoms with Crippen LogP contribution in [0.15, 0.2) is 71.1 Å². The van der Waals surface area contributed by atoms with Crippen molar-refractivity contribution < 1.29 is 9.53 Å². The molecule has 0 saturated carbocycles. The Hall–Kier alpha value is -2.79. The number of benzene rings is 2. The summed E-state index contributed by atoms with van der Waals surface area (Å²) in [6, 6.07) is 15.7. The fourth-order valence-electron chi connectivity index (χ4n) is 2.59. The van der Waals surface area contributed by atoms with Crippen LogP contribution in [0.4, 0.5) is 5.69 Å². The zero-order chi connectivity index (χ0) is 19.2. The minimum Gasteiger partial charge on any atom is -0.489 e. The van der Waals surface area contributed by atoms with Crippen LogP contribution < -0.4 is 4.74 Å². The maximum absolute atomic E-state index is 12.6. The van der Waals surface area contributed by atoms with Crippen LogP contribution in [0.25, 0.3) is 6.08 Å². The summed E-state index contributed by atoms with van der Waals surface area (Å²) in [6.07, 6.45) is 4.54. The standard InChI is InChI=1S/C22H22N2O2S/c1-4-14-26-19-9-7-6-8-17(19)15-20-21(25)24(3)22(27-20)23-18-12-10-16(5-2)11-13-18/h4,6-13,15H,1,5,14H2,2-3H3/b20-15+,23-22?. The molecule has 0 bridgehead atoms. The molecule has 2 aromatic carbocycles. The number of hydrogen-bond donors (Lipinski definition) is 0. The first kappa shape index (κ1) is 19.0. The van der Waals surface area contributed by atoms with Gasteiger partial charge in [0.2, 0.25) is 0 Å². The number of carbonyl (C=O) groups is 1. The summed E-state index contributed by atoms with van der Waals surface area (Å²) in [5, 5.41) is 0.667. The largest absolute Gasteiger partial charge is 0.489 e. The van der Waals surface area contributed by atoms with Gasteiger partial charge >= 0.3 is 0 Å². The van der Waals surface area contributed by atoms with Gasteiger partial charge < -0.3 is 4.74 Å². The summed E-state index contributed by atoms with van der Waals surface area (Å²) in [6.45, 7) is 6.21. The highest BCUT2D eigenvalue weighted by Crippen LogP contribution is 2.34. The van der Waals surface area contributed by atoms with E-state index in [1.54, 1.807) is 18.0 Å². The molecule has 5 heteroatoms. The van der Waals surface area contributed by atoms with Gasteiger partial charge in [-0.1, -0.05) is 49.9 Å². The van der Waals surface area contributed by atoms with Crippen molar-refractivity contribution in [1.29, 1.82) is 0 Å². The maximum atomic E-state index is 12.6. The molecule has 0 N–H and O–H groups in total. The van der Waals surface area contributed by atoms with Gasteiger partial charge in [0.15, 0.2) is 5.17 Å². The lowest BCUT2D eigenvalue weighted by atomic mass is 10.2. The second-order valence-electron chi connectivity index (χ2n) is 6.03. The number of nitrogens with zero attached hydrogens (tertiary/aromatic N) is 2. The predicted octanol–water partition coefficient (Wildman–Crippen LogP) is 5.05. The summed E-state index contributed by atoms with van der Waals surface area (Å²) in [5.41, 5.74) is 2.96. The van der Waals surface area contributed by atoms with Crippen molar-refractivity contribution in [3.63, 3.8) is 0 Å². The Morgan fingerprint density at radius 1 is 1.19 bits per heavy atom. The highest BCUT2D eigenvalue weighted by Gasteiger charge is 2.30. The lowest BCUT2D eigenvalue weighted by molar-refractivity contribution is -0.121. The molecule has 0 spiro atoms. The number of aliphatic imine (C=N–C) groups is 1. The molecule has 1 aliphatic rings. The molecule has 1 aliphatic heterocycles. The number of thioether (sulfide) groups is 1. The molecule has 138 valence electrons. The Morgan fingerprint density at radius 3 is 2.63 bits per heavy atom. The Balaban J connectivity index is 1.86. The lowest BCUT2D eigenvalue weighted by Crippen LogP contribution is -2.23. The minimum absolute atomic E-state index is 0.0672. The second kappa shape index (κ2) is 8.73. The van der Waals surface area contributed by atoms with Crippen LogP contribution >= 0.6 is 11.8 Å². The second-order valence-corrected chi connectivity index (χ2v) is 7.04. The van der Waals surface area contributed by atoms with E-state index in [1.807, 2.05) is 42.5 Å². The van der Waals surface area contributed by atoms with Crippen molar-refractivity contribution in [2.45, 2.75) is 13.3 Å². The smallest absolute Gasteiger partial charge is 0.266 e. The van der Waals surface area contributed by atoms with Gasteiger partial charge in [-0.3, -0.25) is 9.69 Å². The van der Waals surface area contributed by atoms with Crippen molar-refractivity contribution >= 4 is 34.6 Å². The first-order valence-corrected chi connectivity index (χ1v) is 9.62. The first-order valence-electron chi connectivity index (χ1n) is 8.80.